The zero-order valence-corrected chi connectivity index (χ0v) is 20.5. The molecule has 2 N–H and O–H groups in total. The maximum absolute atomic E-state index is 12.7. The number of fused-ring (bicyclic) bond motifs is 1. The van der Waals surface area contributed by atoms with Gasteiger partial charge in [-0.2, -0.15) is 0 Å². The number of esters is 1. The van der Waals surface area contributed by atoms with Crippen LogP contribution in [0.2, 0.25) is 0 Å². The van der Waals surface area contributed by atoms with Crippen LogP contribution in [0.1, 0.15) is 18.1 Å². The number of thioether (sulfide) groups is 1. The summed E-state index contributed by atoms with van der Waals surface area (Å²) < 4.78 is 6.97. The SMILES string of the molecule is CC(=O)OCC1=C(C(=O)O)N2C(=O)C(NC(=O)Cc3ccc(C[n+]4ccccc4)cc3)C2SC1.Cl. The van der Waals surface area contributed by atoms with Crippen molar-refractivity contribution in [1.29, 1.82) is 0 Å². The predicted molar refractivity (Wildman–Crippen MR) is 129 cm³/mol. The van der Waals surface area contributed by atoms with E-state index in [4.69, 9.17) is 4.74 Å². The molecule has 2 atom stereocenters. The Labute approximate surface area is 212 Å². The number of aromatic nitrogens is 1. The average Bonchev–Trinajstić information content (AvgIpc) is 2.82. The summed E-state index contributed by atoms with van der Waals surface area (Å²) in [5.74, 6) is -2.30. The molecule has 2 aliphatic rings. The molecule has 1 aromatic heterocycles. The number of β-lactam (4-membered cyclic amide) rings is 1. The van der Waals surface area contributed by atoms with E-state index in [-0.39, 0.29) is 42.8 Å². The van der Waals surface area contributed by atoms with Gasteiger partial charge in [-0.1, -0.05) is 30.3 Å². The van der Waals surface area contributed by atoms with Gasteiger partial charge in [-0.3, -0.25) is 19.3 Å². The third-order valence-corrected chi connectivity index (χ3v) is 6.89. The van der Waals surface area contributed by atoms with Gasteiger partial charge in [-0.25, -0.2) is 9.36 Å². The summed E-state index contributed by atoms with van der Waals surface area (Å²) in [6.07, 6.45) is 4.07. The van der Waals surface area contributed by atoms with E-state index < -0.39 is 29.3 Å². The molecule has 2 unspecified atom stereocenters. The lowest BCUT2D eigenvalue weighted by atomic mass is 10.0. The molecule has 35 heavy (non-hydrogen) atoms. The number of hydrogen-bond donors (Lipinski definition) is 2. The fourth-order valence-electron chi connectivity index (χ4n) is 3.91. The Morgan fingerprint density at radius 2 is 1.80 bits per heavy atom. The summed E-state index contributed by atoms with van der Waals surface area (Å²) in [7, 11) is 0. The molecule has 11 heteroatoms. The van der Waals surface area contributed by atoms with Crippen LogP contribution in [-0.4, -0.2) is 57.5 Å². The smallest absolute Gasteiger partial charge is 0.352 e. The van der Waals surface area contributed by atoms with Gasteiger partial charge in [-0.05, 0) is 5.56 Å². The van der Waals surface area contributed by atoms with Crippen LogP contribution in [0.4, 0.5) is 0 Å². The second-order valence-electron chi connectivity index (χ2n) is 8.03. The third kappa shape index (κ3) is 6.01. The number of ether oxygens (including phenoxy) is 1. The predicted octanol–water partition coefficient (Wildman–Crippen LogP) is 1.29. The van der Waals surface area contributed by atoms with Crippen LogP contribution in [0, 0.1) is 0 Å². The first-order valence-electron chi connectivity index (χ1n) is 10.7. The van der Waals surface area contributed by atoms with Crippen molar-refractivity contribution >= 4 is 47.9 Å². The number of amides is 2. The van der Waals surface area contributed by atoms with Gasteiger partial charge < -0.3 is 15.2 Å². The van der Waals surface area contributed by atoms with Gasteiger partial charge in [0.15, 0.2) is 18.9 Å². The van der Waals surface area contributed by atoms with Crippen molar-refractivity contribution in [3.05, 3.63) is 77.3 Å². The number of aliphatic carboxylic acids is 1. The van der Waals surface area contributed by atoms with E-state index in [0.717, 1.165) is 22.6 Å². The Bertz CT molecular complexity index is 1160. The van der Waals surface area contributed by atoms with Gasteiger partial charge >= 0.3 is 11.9 Å². The molecule has 0 bridgehead atoms. The van der Waals surface area contributed by atoms with E-state index in [0.29, 0.717) is 5.57 Å². The Morgan fingerprint density at radius 3 is 2.43 bits per heavy atom. The minimum atomic E-state index is -1.26. The molecule has 2 amide bonds. The van der Waals surface area contributed by atoms with E-state index >= 15 is 0 Å². The van der Waals surface area contributed by atoms with Gasteiger partial charge in [0.25, 0.3) is 5.91 Å². The second-order valence-corrected chi connectivity index (χ2v) is 9.14. The van der Waals surface area contributed by atoms with Crippen LogP contribution < -0.4 is 9.88 Å². The standard InChI is InChI=1S/C24H23N3O6S.ClH/c1-15(28)33-13-18-14-34-23-20(22(30)27(23)21(18)24(31)32)25-19(29)11-16-5-7-17(8-6-16)12-26-9-3-2-4-10-26;/h2-10,20,23H,11-14H2,1H3,(H-,25,29,31,32);1H/p+1. The summed E-state index contributed by atoms with van der Waals surface area (Å²) in [6, 6.07) is 12.8. The highest BCUT2D eigenvalue weighted by molar-refractivity contribution is 8.00. The minimum absolute atomic E-state index is 0. The lowest BCUT2D eigenvalue weighted by molar-refractivity contribution is -0.688. The summed E-state index contributed by atoms with van der Waals surface area (Å²) in [5, 5.41) is 11.8. The fraction of sp³-hybridized carbons (Fsp3) is 0.292. The fourth-order valence-corrected chi connectivity index (χ4v) is 5.23. The van der Waals surface area contributed by atoms with Crippen molar-refractivity contribution < 1.29 is 33.6 Å². The van der Waals surface area contributed by atoms with Gasteiger partial charge in [0, 0.05) is 35.9 Å². The maximum Gasteiger partial charge on any atom is 0.352 e. The largest absolute Gasteiger partial charge is 0.477 e. The van der Waals surface area contributed by atoms with Crippen LogP contribution in [0.15, 0.2) is 66.1 Å². The lowest BCUT2D eigenvalue weighted by Crippen LogP contribution is -2.70. The molecular formula is C24H25ClN3O6S+. The van der Waals surface area contributed by atoms with Gasteiger partial charge in [-0.15, -0.1) is 24.2 Å². The quantitative estimate of drug-likeness (QED) is 0.307. The Morgan fingerprint density at radius 1 is 1.14 bits per heavy atom. The molecule has 1 saturated heterocycles. The number of carbonyl (C=O) groups is 4. The average molecular weight is 519 g/mol. The molecule has 0 spiro atoms. The molecule has 3 heterocycles. The van der Waals surface area contributed by atoms with Crippen LogP contribution in [-0.2, 0) is 36.9 Å². The number of halogens is 1. The monoisotopic (exact) mass is 518 g/mol. The first kappa shape index (κ1) is 26.2. The number of rotatable bonds is 8. The van der Waals surface area contributed by atoms with E-state index in [1.165, 1.54) is 18.7 Å². The molecule has 184 valence electrons. The van der Waals surface area contributed by atoms with E-state index in [2.05, 4.69) is 9.88 Å². The maximum atomic E-state index is 12.7. The van der Waals surface area contributed by atoms with Gasteiger partial charge in [0.2, 0.25) is 5.91 Å². The molecule has 0 radical (unpaired) electrons. The highest BCUT2D eigenvalue weighted by Crippen LogP contribution is 2.40. The Kier molecular flexibility index (Phi) is 8.52. The van der Waals surface area contributed by atoms with Crippen LogP contribution >= 0.6 is 24.2 Å². The summed E-state index contributed by atoms with van der Waals surface area (Å²) >= 11 is 1.33. The number of carbonyl (C=O) groups excluding carboxylic acids is 3. The van der Waals surface area contributed by atoms with E-state index in [1.54, 1.807) is 0 Å². The molecule has 1 aromatic carbocycles. The van der Waals surface area contributed by atoms with Crippen molar-refractivity contribution in [3.8, 4) is 0 Å². The molecule has 4 rings (SSSR count). The van der Waals surface area contributed by atoms with Crippen molar-refractivity contribution in [2.75, 3.05) is 12.4 Å². The van der Waals surface area contributed by atoms with Crippen molar-refractivity contribution in [1.82, 2.24) is 10.2 Å². The van der Waals surface area contributed by atoms with Crippen molar-refractivity contribution in [2.24, 2.45) is 0 Å². The molecule has 9 nitrogen and oxygen atoms in total. The summed E-state index contributed by atoms with van der Waals surface area (Å²) in [4.78, 5) is 49.3. The topological polar surface area (TPSA) is 117 Å². The van der Waals surface area contributed by atoms with Crippen LogP contribution in [0.25, 0.3) is 0 Å². The number of hydrogen-bond acceptors (Lipinski definition) is 6. The highest BCUT2D eigenvalue weighted by Gasteiger charge is 2.54. The molecule has 0 saturated carbocycles. The Balaban J connectivity index is 0.00000342. The van der Waals surface area contributed by atoms with E-state index in [1.807, 2.05) is 54.9 Å². The normalized spacial score (nSPS) is 18.7. The number of nitrogens with zero attached hydrogens (tertiary/aromatic N) is 2. The van der Waals surface area contributed by atoms with Gasteiger partial charge in [0.1, 0.15) is 23.7 Å². The molecule has 2 aliphatic heterocycles. The first-order valence-corrected chi connectivity index (χ1v) is 11.7. The third-order valence-electron chi connectivity index (χ3n) is 5.55. The number of benzene rings is 1. The van der Waals surface area contributed by atoms with Crippen LogP contribution in [0.5, 0.6) is 0 Å². The zero-order chi connectivity index (χ0) is 24.2. The minimum Gasteiger partial charge on any atom is -0.477 e. The molecular weight excluding hydrogens is 494 g/mol. The molecule has 1 fully saturated rings. The van der Waals surface area contributed by atoms with Crippen LogP contribution in [0.3, 0.4) is 0 Å². The second kappa shape index (κ2) is 11.4. The van der Waals surface area contributed by atoms with E-state index in [9.17, 15) is 24.3 Å². The zero-order valence-electron chi connectivity index (χ0n) is 18.9. The molecule has 2 aromatic rings. The number of carboxylic acids is 1. The molecule has 0 aliphatic carbocycles. The van der Waals surface area contributed by atoms with Crippen molar-refractivity contribution in [2.45, 2.75) is 31.3 Å². The number of nitrogens with one attached hydrogen (secondary N) is 1. The summed E-state index contributed by atoms with van der Waals surface area (Å²) in [6.45, 7) is 1.77. The van der Waals surface area contributed by atoms with Crippen molar-refractivity contribution in [3.63, 3.8) is 0 Å². The number of carboxylic acid groups (broad SMARTS) is 1. The Hall–Kier alpha value is -3.37. The highest BCUT2D eigenvalue weighted by atomic mass is 35.5. The summed E-state index contributed by atoms with van der Waals surface area (Å²) in [5.41, 5.74) is 2.10. The first-order chi connectivity index (χ1) is 16.3. The lowest BCUT2D eigenvalue weighted by Gasteiger charge is -2.49. The van der Waals surface area contributed by atoms with Gasteiger partial charge in [0.05, 0.1) is 6.42 Å². The number of pyridine rings is 1.